The molecule has 132 valence electrons. The second kappa shape index (κ2) is 8.15. The number of rotatable bonds is 9. The summed E-state index contributed by atoms with van der Waals surface area (Å²) >= 11 is 0. The van der Waals surface area contributed by atoms with Crippen molar-refractivity contribution in [2.45, 2.75) is 45.6 Å². The third-order valence-electron chi connectivity index (χ3n) is 4.35. The minimum atomic E-state index is -0.620. The largest absolute Gasteiger partial charge is 0.371 e. The Morgan fingerprint density at radius 3 is 2.54 bits per heavy atom. The van der Waals surface area contributed by atoms with Gasteiger partial charge in [0.15, 0.2) is 0 Å². The van der Waals surface area contributed by atoms with Crippen LogP contribution in [-0.4, -0.2) is 34.6 Å². The van der Waals surface area contributed by atoms with Gasteiger partial charge in [-0.3, -0.25) is 4.79 Å². The average molecular weight is 331 g/mol. The molecule has 0 fully saturated rings. The normalized spacial score (nSPS) is 12.5. The summed E-state index contributed by atoms with van der Waals surface area (Å²) in [6.45, 7) is 6.49. The van der Waals surface area contributed by atoms with Gasteiger partial charge in [0, 0.05) is 32.2 Å². The molecule has 0 radical (unpaired) electrons. The Bertz CT molecular complexity index is 688. The van der Waals surface area contributed by atoms with E-state index in [0.29, 0.717) is 12.8 Å². The van der Waals surface area contributed by atoms with Crippen LogP contribution >= 0.6 is 0 Å². The Labute approximate surface area is 143 Å². The van der Waals surface area contributed by atoms with Gasteiger partial charge in [-0.05, 0) is 37.5 Å². The molecule has 0 bridgehead atoms. The average Bonchev–Trinajstić information content (AvgIpc) is 2.88. The molecule has 0 saturated carbocycles. The summed E-state index contributed by atoms with van der Waals surface area (Å²) in [5, 5.41) is 0. The first-order valence-corrected chi connectivity index (χ1v) is 8.73. The van der Waals surface area contributed by atoms with E-state index in [2.05, 4.69) is 41.5 Å². The van der Waals surface area contributed by atoms with Crippen molar-refractivity contribution in [3.63, 3.8) is 0 Å². The monoisotopic (exact) mass is 331 g/mol. The molecule has 1 unspecified atom stereocenters. The molecule has 24 heavy (non-hydrogen) atoms. The minimum Gasteiger partial charge on any atom is -0.371 e. The smallest absolute Gasteiger partial charge is 0.234 e. The van der Waals surface area contributed by atoms with Crippen molar-refractivity contribution in [2.75, 3.05) is 18.0 Å². The van der Waals surface area contributed by atoms with Gasteiger partial charge < -0.3 is 20.9 Å². The molecule has 0 spiro atoms. The number of hydrogen-bond acceptors (Lipinski definition) is 4. The second-order valence-electron chi connectivity index (χ2n) is 6.29. The van der Waals surface area contributed by atoms with Gasteiger partial charge in [-0.2, -0.15) is 0 Å². The lowest BCUT2D eigenvalue weighted by atomic mass is 10.1. The maximum absolute atomic E-state index is 11.1. The molecule has 1 amide bonds. The van der Waals surface area contributed by atoms with Gasteiger partial charge in [0.25, 0.3) is 0 Å². The van der Waals surface area contributed by atoms with Crippen LogP contribution in [0, 0.1) is 0 Å². The van der Waals surface area contributed by atoms with Crippen molar-refractivity contribution < 1.29 is 4.79 Å². The molecule has 2 aromatic rings. The first-order valence-electron chi connectivity index (χ1n) is 8.73. The van der Waals surface area contributed by atoms with Crippen molar-refractivity contribution in [2.24, 2.45) is 18.5 Å². The van der Waals surface area contributed by atoms with Crippen molar-refractivity contribution in [3.05, 3.63) is 24.0 Å². The number of nitrogens with two attached hydrogens (primary N) is 2. The fourth-order valence-corrected chi connectivity index (χ4v) is 3.00. The molecule has 4 N–H and O–H groups in total. The van der Waals surface area contributed by atoms with Crippen LogP contribution in [0.1, 0.15) is 38.9 Å². The minimum absolute atomic E-state index is 0.467. The molecule has 0 aliphatic heterocycles. The Kier molecular flexibility index (Phi) is 6.20. The van der Waals surface area contributed by atoms with Gasteiger partial charge >= 0.3 is 0 Å². The van der Waals surface area contributed by atoms with Crippen LogP contribution in [0.15, 0.2) is 18.2 Å². The lowest BCUT2D eigenvalue weighted by Gasteiger charge is -2.23. The van der Waals surface area contributed by atoms with E-state index in [1.807, 2.05) is 7.05 Å². The van der Waals surface area contributed by atoms with Crippen LogP contribution < -0.4 is 16.4 Å². The number of aryl methyl sites for hydroxylation is 2. The number of imidazole rings is 1. The number of fused-ring (bicyclic) bond motifs is 1. The Morgan fingerprint density at radius 2 is 1.96 bits per heavy atom. The topological polar surface area (TPSA) is 90.2 Å². The number of benzene rings is 1. The second-order valence-corrected chi connectivity index (χ2v) is 6.29. The summed E-state index contributed by atoms with van der Waals surface area (Å²) in [6, 6.07) is 5.81. The summed E-state index contributed by atoms with van der Waals surface area (Å²) in [7, 11) is 2.00. The zero-order valence-corrected chi connectivity index (χ0v) is 15.0. The molecular formula is C18H29N5O. The number of nitrogens with zero attached hydrogens (tertiary/aromatic N) is 3. The molecule has 6 nitrogen and oxygen atoms in total. The maximum Gasteiger partial charge on any atom is 0.234 e. The highest BCUT2D eigenvalue weighted by Gasteiger charge is 2.14. The molecule has 1 aromatic carbocycles. The van der Waals surface area contributed by atoms with E-state index in [1.54, 1.807) is 0 Å². The Hall–Kier alpha value is -2.08. The van der Waals surface area contributed by atoms with E-state index >= 15 is 0 Å². The molecule has 1 aromatic heterocycles. The van der Waals surface area contributed by atoms with Gasteiger partial charge in [-0.15, -0.1) is 0 Å². The molecule has 1 atom stereocenters. The van der Waals surface area contributed by atoms with Crippen molar-refractivity contribution in [1.29, 1.82) is 0 Å². The summed E-state index contributed by atoms with van der Waals surface area (Å²) < 4.78 is 2.07. The van der Waals surface area contributed by atoms with E-state index in [-0.39, 0.29) is 0 Å². The zero-order valence-electron chi connectivity index (χ0n) is 15.0. The number of amides is 1. The van der Waals surface area contributed by atoms with E-state index < -0.39 is 11.9 Å². The van der Waals surface area contributed by atoms with Crippen LogP contribution in [0.3, 0.4) is 0 Å². The number of anilines is 1. The maximum atomic E-state index is 11.1. The van der Waals surface area contributed by atoms with Crippen molar-refractivity contribution in [1.82, 2.24) is 9.55 Å². The van der Waals surface area contributed by atoms with E-state index in [0.717, 1.165) is 42.8 Å². The highest BCUT2D eigenvalue weighted by atomic mass is 16.1. The third-order valence-corrected chi connectivity index (χ3v) is 4.35. The van der Waals surface area contributed by atoms with E-state index in [9.17, 15) is 4.79 Å². The number of carbonyl (C=O) groups excluding carboxylic acids is 1. The quantitative estimate of drug-likeness (QED) is 0.735. The number of aromatic nitrogens is 2. The number of hydrogen-bond donors (Lipinski definition) is 2. The highest BCUT2D eigenvalue weighted by molar-refractivity contribution is 5.81. The van der Waals surface area contributed by atoms with Gasteiger partial charge in [-0.25, -0.2) is 4.98 Å². The van der Waals surface area contributed by atoms with Crippen LogP contribution in [0.5, 0.6) is 0 Å². The number of primary amides is 1. The summed E-state index contributed by atoms with van der Waals surface area (Å²) in [4.78, 5) is 18.2. The van der Waals surface area contributed by atoms with Crippen molar-refractivity contribution >= 4 is 22.6 Å². The molecule has 1 heterocycles. The summed E-state index contributed by atoms with van der Waals surface area (Å²) in [5.74, 6) is 0.460. The lowest BCUT2D eigenvalue weighted by molar-refractivity contribution is -0.119. The summed E-state index contributed by atoms with van der Waals surface area (Å²) in [6.07, 6.45) is 3.39. The van der Waals surface area contributed by atoms with Gasteiger partial charge in [0.2, 0.25) is 5.91 Å². The van der Waals surface area contributed by atoms with Gasteiger partial charge in [0.1, 0.15) is 5.82 Å². The van der Waals surface area contributed by atoms with Crippen LogP contribution in [0.4, 0.5) is 5.69 Å². The van der Waals surface area contributed by atoms with E-state index in [1.165, 1.54) is 5.69 Å². The molecular weight excluding hydrogens is 302 g/mol. The molecule has 2 rings (SSSR count). The molecule has 0 aliphatic rings. The van der Waals surface area contributed by atoms with Gasteiger partial charge in [-0.1, -0.05) is 13.8 Å². The summed E-state index contributed by atoms with van der Waals surface area (Å²) in [5.41, 5.74) is 14.2. The van der Waals surface area contributed by atoms with Crippen LogP contribution in [0.25, 0.3) is 11.0 Å². The SMILES string of the molecule is CCCN(CCC)c1ccc2c(c1)nc(CCC(N)C(N)=O)n2C. The third kappa shape index (κ3) is 4.06. The Morgan fingerprint density at radius 1 is 1.29 bits per heavy atom. The predicted octanol–water partition coefficient (Wildman–Crippen LogP) is 1.94. The van der Waals surface area contributed by atoms with E-state index in [4.69, 9.17) is 16.5 Å². The first kappa shape index (κ1) is 18.3. The number of carbonyl (C=O) groups is 1. The lowest BCUT2D eigenvalue weighted by Crippen LogP contribution is -2.36. The fourth-order valence-electron chi connectivity index (χ4n) is 3.00. The molecule has 6 heteroatoms. The molecule has 0 aliphatic carbocycles. The first-order chi connectivity index (χ1) is 11.5. The van der Waals surface area contributed by atoms with Gasteiger partial charge in [0.05, 0.1) is 17.1 Å². The fraction of sp³-hybridized carbons (Fsp3) is 0.556. The van der Waals surface area contributed by atoms with Crippen molar-refractivity contribution in [3.8, 4) is 0 Å². The predicted molar refractivity (Wildman–Crippen MR) is 99.0 cm³/mol. The highest BCUT2D eigenvalue weighted by Crippen LogP contribution is 2.23. The molecule has 0 saturated heterocycles. The zero-order chi connectivity index (χ0) is 17.7. The van der Waals surface area contributed by atoms with Crippen LogP contribution in [0.2, 0.25) is 0 Å². The Balaban J connectivity index is 2.25. The standard InChI is InChI=1S/C18H29N5O/c1-4-10-23(11-5-2)13-6-8-16-15(12-13)21-17(22(16)3)9-7-14(19)18(20)24/h6,8,12,14H,4-5,7,9-11,19H2,1-3H3,(H2,20,24). The van der Waals surface area contributed by atoms with Crippen LogP contribution in [-0.2, 0) is 18.3 Å².